The summed E-state index contributed by atoms with van der Waals surface area (Å²) in [4.78, 5) is 0. The lowest BCUT2D eigenvalue weighted by Crippen LogP contribution is -2.66. The lowest BCUT2D eigenvalue weighted by atomic mass is 9.35. The molecule has 3 nitrogen and oxygen atoms in total. The van der Waals surface area contributed by atoms with Crippen molar-refractivity contribution in [1.29, 1.82) is 0 Å². The van der Waals surface area contributed by atoms with Crippen LogP contribution >= 0.6 is 11.3 Å². The first-order valence-electron chi connectivity index (χ1n) is 8.00. The molecule has 22 heavy (non-hydrogen) atoms. The fourth-order valence-electron chi connectivity index (χ4n) is 2.86. The number of thiophene rings is 1. The molecule has 6 heteroatoms. The van der Waals surface area contributed by atoms with E-state index in [9.17, 15) is 0 Å². The van der Waals surface area contributed by atoms with Crippen molar-refractivity contribution in [1.82, 2.24) is 0 Å². The van der Waals surface area contributed by atoms with Gasteiger partial charge in [0.25, 0.3) is 0 Å². The predicted octanol–water partition coefficient (Wildman–Crippen LogP) is 2.83. The Morgan fingerprint density at radius 2 is 1.23 bits per heavy atom. The highest BCUT2D eigenvalue weighted by molar-refractivity contribution is 7.31. The van der Waals surface area contributed by atoms with Gasteiger partial charge in [0.2, 0.25) is 0 Å². The summed E-state index contributed by atoms with van der Waals surface area (Å²) in [6.45, 7) is 17.4. The van der Waals surface area contributed by atoms with E-state index in [0.29, 0.717) is 0 Å². The Kier molecular flexibility index (Phi) is 3.48. The van der Waals surface area contributed by atoms with Crippen molar-refractivity contribution in [3.8, 4) is 0 Å². The number of rotatable bonds is 2. The van der Waals surface area contributed by atoms with Crippen molar-refractivity contribution < 1.29 is 14.0 Å². The fourth-order valence-corrected chi connectivity index (χ4v) is 4.05. The van der Waals surface area contributed by atoms with Crippen molar-refractivity contribution in [3.05, 3.63) is 12.1 Å². The van der Waals surface area contributed by atoms with E-state index in [1.165, 1.54) is 4.78 Å². The molecule has 0 N–H and O–H groups in total. The second-order valence-corrected chi connectivity index (χ2v) is 9.71. The minimum Gasteiger partial charge on any atom is -0.425 e. The first-order valence-corrected chi connectivity index (χ1v) is 8.82. The van der Waals surface area contributed by atoms with Crippen molar-refractivity contribution in [2.24, 2.45) is 0 Å². The Balaban J connectivity index is 1.79. The van der Waals surface area contributed by atoms with Gasteiger partial charge in [-0.2, -0.15) is 11.3 Å². The van der Waals surface area contributed by atoms with Crippen LogP contribution in [0.1, 0.15) is 55.4 Å². The minimum atomic E-state index is -0.296. The van der Waals surface area contributed by atoms with E-state index in [4.69, 9.17) is 14.0 Å². The van der Waals surface area contributed by atoms with Gasteiger partial charge in [0.15, 0.2) is 0 Å². The quantitative estimate of drug-likeness (QED) is 0.785. The third-order valence-electron chi connectivity index (χ3n) is 6.01. The third-order valence-corrected chi connectivity index (χ3v) is 7.16. The van der Waals surface area contributed by atoms with Crippen LogP contribution in [0.5, 0.6) is 0 Å². The van der Waals surface area contributed by atoms with E-state index in [1.807, 2.05) is 0 Å². The Labute approximate surface area is 139 Å². The molecule has 0 unspecified atom stereocenters. The van der Waals surface area contributed by atoms with Gasteiger partial charge in [-0.25, -0.2) is 0 Å². The molecule has 2 fully saturated rings. The van der Waals surface area contributed by atoms with E-state index < -0.39 is 0 Å². The molecule has 0 radical (unpaired) electrons. The van der Waals surface area contributed by atoms with Crippen molar-refractivity contribution in [2.45, 2.75) is 77.5 Å². The van der Waals surface area contributed by atoms with Crippen LogP contribution in [0.2, 0.25) is 5.31 Å². The van der Waals surface area contributed by atoms with Gasteiger partial charge in [0.1, 0.15) is 0 Å². The van der Waals surface area contributed by atoms with Crippen molar-refractivity contribution in [2.75, 3.05) is 0 Å². The molecule has 3 heterocycles. The molecule has 2 saturated heterocycles. The normalized spacial score (nSPS) is 27.8. The molecule has 2 aliphatic rings. The summed E-state index contributed by atoms with van der Waals surface area (Å²) >= 11 is 1.74. The summed E-state index contributed by atoms with van der Waals surface area (Å²) in [5.74, 6) is 0. The third kappa shape index (κ3) is 2.22. The maximum Gasteiger partial charge on any atom is 0.505 e. The number of hydrogen-bond donors (Lipinski definition) is 0. The van der Waals surface area contributed by atoms with Gasteiger partial charge in [0.05, 0.1) is 11.2 Å². The Morgan fingerprint density at radius 1 is 0.727 bits per heavy atom. The molecule has 0 atom stereocenters. The van der Waals surface area contributed by atoms with Crippen LogP contribution in [0.25, 0.3) is 0 Å². The lowest BCUT2D eigenvalue weighted by molar-refractivity contribution is -0.00910. The zero-order chi connectivity index (χ0) is 16.6. The molecule has 0 amide bonds. The van der Waals surface area contributed by atoms with Crippen LogP contribution in [0.3, 0.4) is 0 Å². The molecule has 3 rings (SSSR count). The van der Waals surface area contributed by atoms with Gasteiger partial charge in [-0.05, 0) is 41.5 Å². The molecular formula is C16H26B2O3S. The van der Waals surface area contributed by atoms with Crippen LogP contribution in [-0.2, 0) is 14.0 Å². The molecule has 0 aromatic carbocycles. The summed E-state index contributed by atoms with van der Waals surface area (Å²) in [7, 11) is -0.278. The topological polar surface area (TPSA) is 27.7 Å². The van der Waals surface area contributed by atoms with Crippen LogP contribution < -0.4 is 9.55 Å². The molecule has 1 aromatic rings. The summed E-state index contributed by atoms with van der Waals surface area (Å²) in [6, 6.07) is 4.28. The second kappa shape index (κ2) is 4.62. The molecule has 1 aromatic heterocycles. The van der Waals surface area contributed by atoms with Gasteiger partial charge in [0, 0.05) is 20.5 Å². The lowest BCUT2D eigenvalue weighted by Gasteiger charge is -2.56. The van der Waals surface area contributed by atoms with E-state index in [2.05, 4.69) is 67.5 Å². The predicted molar refractivity (Wildman–Crippen MR) is 94.6 cm³/mol. The smallest absolute Gasteiger partial charge is 0.425 e. The van der Waals surface area contributed by atoms with E-state index >= 15 is 0 Å². The van der Waals surface area contributed by atoms with Gasteiger partial charge >= 0.3 is 14.0 Å². The summed E-state index contributed by atoms with van der Waals surface area (Å²) in [5.41, 5.74) is -0.668. The van der Waals surface area contributed by atoms with Crippen molar-refractivity contribution >= 4 is 34.9 Å². The summed E-state index contributed by atoms with van der Waals surface area (Å²) in [5, 5.41) is 0.130. The Hall–Kier alpha value is -0.290. The Bertz CT molecular complexity index is 576. The molecule has 120 valence electrons. The SMILES string of the molecule is CC1(C)OB(c2ccc(B3OC(C)(C)C3(C)C)s2)OC1(C)C. The number of hydrogen-bond acceptors (Lipinski definition) is 4. The van der Waals surface area contributed by atoms with Crippen LogP contribution in [0, 0.1) is 0 Å². The van der Waals surface area contributed by atoms with Crippen molar-refractivity contribution in [3.63, 3.8) is 0 Å². The standard InChI is InChI=1S/C16H26B2O3S/c1-13(2)14(3,4)19-17(13)11-9-10-12(22-11)18-20-15(5,6)16(7,8)21-18/h9-10H,1-8H3. The molecule has 0 saturated carbocycles. The van der Waals surface area contributed by atoms with Gasteiger partial charge in [-0.3, -0.25) is 0 Å². The molecule has 0 aliphatic carbocycles. The molecule has 0 bridgehead atoms. The monoisotopic (exact) mass is 320 g/mol. The molecule has 0 spiro atoms. The van der Waals surface area contributed by atoms with Gasteiger partial charge in [-0.1, -0.05) is 26.0 Å². The van der Waals surface area contributed by atoms with Crippen LogP contribution in [0.15, 0.2) is 12.1 Å². The summed E-state index contributed by atoms with van der Waals surface area (Å²) in [6.07, 6.45) is 0. The van der Waals surface area contributed by atoms with E-state index in [0.717, 1.165) is 4.78 Å². The maximum absolute atomic E-state index is 6.14. The first-order chi connectivity index (χ1) is 9.87. The largest absolute Gasteiger partial charge is 0.505 e. The van der Waals surface area contributed by atoms with Gasteiger partial charge in [-0.15, -0.1) is 0 Å². The maximum atomic E-state index is 6.14. The fraction of sp³-hybridized carbons (Fsp3) is 0.750. The molecule has 2 aliphatic heterocycles. The van der Waals surface area contributed by atoms with E-state index in [1.54, 1.807) is 11.3 Å². The zero-order valence-electron chi connectivity index (χ0n) is 14.9. The summed E-state index contributed by atoms with van der Waals surface area (Å²) < 4.78 is 20.8. The highest BCUT2D eigenvalue weighted by atomic mass is 32.1. The Morgan fingerprint density at radius 3 is 1.68 bits per heavy atom. The zero-order valence-corrected chi connectivity index (χ0v) is 15.8. The van der Waals surface area contributed by atoms with Gasteiger partial charge < -0.3 is 14.0 Å². The van der Waals surface area contributed by atoms with E-state index in [-0.39, 0.29) is 36.2 Å². The second-order valence-electron chi connectivity index (χ2n) is 8.56. The van der Waals surface area contributed by atoms with Crippen LogP contribution in [0.4, 0.5) is 0 Å². The highest BCUT2D eigenvalue weighted by Crippen LogP contribution is 2.53. The minimum absolute atomic E-state index is 0.0772. The first kappa shape index (κ1) is 16.6. The average molecular weight is 320 g/mol. The van der Waals surface area contributed by atoms with Crippen LogP contribution in [-0.4, -0.2) is 30.8 Å². The molecular weight excluding hydrogens is 294 g/mol. The average Bonchev–Trinajstić information content (AvgIpc) is 2.90. The highest BCUT2D eigenvalue weighted by Gasteiger charge is 2.60.